The molecule has 0 aliphatic rings. The summed E-state index contributed by atoms with van der Waals surface area (Å²) in [6.45, 7) is 0. The Kier molecular flexibility index (Phi) is 6.22. The van der Waals surface area contributed by atoms with E-state index in [4.69, 9.17) is 0 Å². The molecule has 0 fully saturated rings. The van der Waals surface area contributed by atoms with Gasteiger partial charge < -0.3 is 0 Å². The lowest BCUT2D eigenvalue weighted by Crippen LogP contribution is -1.90. The fraction of sp³-hybridized carbons (Fsp3) is 0. The van der Waals surface area contributed by atoms with E-state index in [1.54, 1.807) is 0 Å². The summed E-state index contributed by atoms with van der Waals surface area (Å²) in [6.07, 6.45) is 0. The molecule has 0 bridgehead atoms. The largest absolute Gasteiger partial charge is 0.135 e. The van der Waals surface area contributed by atoms with Crippen molar-refractivity contribution in [1.82, 2.24) is 0 Å². The Hall–Kier alpha value is -6.28. The molecular formula is C50H30S. The summed E-state index contributed by atoms with van der Waals surface area (Å²) in [5.74, 6) is 0. The summed E-state index contributed by atoms with van der Waals surface area (Å²) in [6, 6.07) is 67.5. The predicted molar refractivity (Wildman–Crippen MR) is 223 cm³/mol. The Morgan fingerprint density at radius 2 is 0.725 bits per heavy atom. The zero-order chi connectivity index (χ0) is 33.5. The number of thiophene rings is 1. The van der Waals surface area contributed by atoms with Crippen LogP contribution in [0.2, 0.25) is 0 Å². The lowest BCUT2D eigenvalue weighted by molar-refractivity contribution is 1.66. The molecule has 0 amide bonds. The predicted octanol–water partition coefficient (Wildman–Crippen LogP) is 14.8. The summed E-state index contributed by atoms with van der Waals surface area (Å²) in [5.41, 5.74) is 7.57. The molecule has 1 heterocycles. The van der Waals surface area contributed by atoms with Crippen molar-refractivity contribution in [2.24, 2.45) is 0 Å². The van der Waals surface area contributed by atoms with E-state index in [0.717, 1.165) is 0 Å². The van der Waals surface area contributed by atoms with Gasteiger partial charge in [-0.05, 0) is 118 Å². The first-order chi connectivity index (χ1) is 25.3. The molecule has 0 spiro atoms. The van der Waals surface area contributed by atoms with Crippen LogP contribution in [0.25, 0.3) is 107 Å². The highest BCUT2D eigenvalue weighted by atomic mass is 32.1. The van der Waals surface area contributed by atoms with Crippen LogP contribution in [0.5, 0.6) is 0 Å². The van der Waals surface area contributed by atoms with E-state index in [0.29, 0.717) is 0 Å². The summed E-state index contributed by atoms with van der Waals surface area (Å²) < 4.78 is 2.72. The normalized spacial score (nSPS) is 11.9. The maximum atomic E-state index is 2.37. The minimum Gasteiger partial charge on any atom is -0.135 e. The maximum absolute atomic E-state index is 2.37. The zero-order valence-electron chi connectivity index (χ0n) is 27.7. The monoisotopic (exact) mass is 662 g/mol. The van der Waals surface area contributed by atoms with Gasteiger partial charge in [-0.1, -0.05) is 152 Å². The third-order valence-electron chi connectivity index (χ3n) is 10.8. The van der Waals surface area contributed by atoms with Crippen molar-refractivity contribution in [3.05, 3.63) is 182 Å². The molecule has 11 aromatic rings. The van der Waals surface area contributed by atoms with Gasteiger partial charge in [-0.2, -0.15) is 0 Å². The number of hydrogen-bond acceptors (Lipinski definition) is 1. The van der Waals surface area contributed by atoms with Gasteiger partial charge in [0.1, 0.15) is 0 Å². The van der Waals surface area contributed by atoms with Crippen molar-refractivity contribution < 1.29 is 0 Å². The average molecular weight is 663 g/mol. The Morgan fingerprint density at radius 3 is 1.41 bits per heavy atom. The number of benzene rings is 10. The fourth-order valence-electron chi connectivity index (χ4n) is 8.36. The standard InChI is InChI=1S/C50H30S/c1-2-10-31(11-3-1)48-41-14-6-8-16-43(41)49(44-17-9-7-15-42(44)48)39-21-20-35-26-34(18-19-36(35)28-39)37-22-24-40-38(27-37)23-25-45-46-29-32-12-4-5-13-33(32)30-47(46)51-50(40)45/h1-30H. The third-order valence-corrected chi connectivity index (χ3v) is 12.0. The molecule has 0 unspecified atom stereocenters. The van der Waals surface area contributed by atoms with E-state index < -0.39 is 0 Å². The molecule has 0 N–H and O–H groups in total. The maximum Gasteiger partial charge on any atom is 0.0433 e. The number of hydrogen-bond donors (Lipinski definition) is 0. The van der Waals surface area contributed by atoms with Crippen molar-refractivity contribution in [3.8, 4) is 33.4 Å². The quantitative estimate of drug-likeness (QED) is 0.165. The molecule has 0 radical (unpaired) electrons. The van der Waals surface area contributed by atoms with Crippen LogP contribution in [0.15, 0.2) is 182 Å². The lowest BCUT2D eigenvalue weighted by atomic mass is 9.85. The van der Waals surface area contributed by atoms with Crippen molar-refractivity contribution in [2.45, 2.75) is 0 Å². The van der Waals surface area contributed by atoms with Gasteiger partial charge in [0, 0.05) is 20.2 Å². The van der Waals surface area contributed by atoms with Crippen molar-refractivity contribution in [1.29, 1.82) is 0 Å². The van der Waals surface area contributed by atoms with Crippen LogP contribution in [0.3, 0.4) is 0 Å². The van der Waals surface area contributed by atoms with Gasteiger partial charge in [0.25, 0.3) is 0 Å². The molecule has 51 heavy (non-hydrogen) atoms. The second-order valence-corrected chi connectivity index (χ2v) is 14.7. The summed E-state index contributed by atoms with van der Waals surface area (Å²) in [4.78, 5) is 0. The van der Waals surface area contributed by atoms with E-state index in [1.807, 2.05) is 11.3 Å². The molecule has 0 saturated carbocycles. The van der Waals surface area contributed by atoms with Gasteiger partial charge in [0.2, 0.25) is 0 Å². The van der Waals surface area contributed by atoms with Gasteiger partial charge in [0.15, 0.2) is 0 Å². The summed E-state index contributed by atoms with van der Waals surface area (Å²) >= 11 is 1.91. The highest BCUT2D eigenvalue weighted by molar-refractivity contribution is 7.26. The molecular weight excluding hydrogens is 633 g/mol. The molecule has 0 atom stereocenters. The molecule has 1 aromatic heterocycles. The lowest BCUT2D eigenvalue weighted by Gasteiger charge is -2.18. The van der Waals surface area contributed by atoms with Crippen LogP contribution in [-0.4, -0.2) is 0 Å². The minimum absolute atomic E-state index is 1.24. The summed E-state index contributed by atoms with van der Waals surface area (Å²) in [7, 11) is 0. The molecule has 0 aliphatic carbocycles. The van der Waals surface area contributed by atoms with E-state index in [1.165, 1.54) is 107 Å². The molecule has 1 heteroatoms. The minimum atomic E-state index is 1.24. The average Bonchev–Trinajstić information content (AvgIpc) is 3.56. The molecule has 0 aliphatic heterocycles. The van der Waals surface area contributed by atoms with Crippen molar-refractivity contribution in [3.63, 3.8) is 0 Å². The van der Waals surface area contributed by atoms with Gasteiger partial charge in [0.05, 0.1) is 0 Å². The van der Waals surface area contributed by atoms with E-state index in [9.17, 15) is 0 Å². The van der Waals surface area contributed by atoms with Crippen LogP contribution in [-0.2, 0) is 0 Å². The van der Waals surface area contributed by atoms with Gasteiger partial charge in [-0.25, -0.2) is 0 Å². The van der Waals surface area contributed by atoms with Gasteiger partial charge in [-0.15, -0.1) is 11.3 Å². The molecule has 0 saturated heterocycles. The van der Waals surface area contributed by atoms with Crippen molar-refractivity contribution >= 4 is 85.4 Å². The number of rotatable bonds is 3. The highest BCUT2D eigenvalue weighted by Crippen LogP contribution is 2.45. The Bertz CT molecular complexity index is 3130. The SMILES string of the molecule is c1ccc(-c2c3ccccc3c(-c3ccc4cc(-c5ccc6c(ccc7c8cc9ccccc9cc8sc67)c5)ccc4c3)c3ccccc23)cc1. The van der Waals surface area contributed by atoms with Crippen LogP contribution in [0.4, 0.5) is 0 Å². The molecule has 0 nitrogen and oxygen atoms in total. The van der Waals surface area contributed by atoms with Crippen LogP contribution in [0.1, 0.15) is 0 Å². The third kappa shape index (κ3) is 4.45. The van der Waals surface area contributed by atoms with E-state index in [2.05, 4.69) is 182 Å². The van der Waals surface area contributed by atoms with E-state index >= 15 is 0 Å². The van der Waals surface area contributed by atoms with Gasteiger partial charge >= 0.3 is 0 Å². The molecule has 11 rings (SSSR count). The fourth-order valence-corrected chi connectivity index (χ4v) is 9.63. The van der Waals surface area contributed by atoms with Crippen LogP contribution >= 0.6 is 11.3 Å². The highest BCUT2D eigenvalue weighted by Gasteiger charge is 2.17. The van der Waals surface area contributed by atoms with Crippen LogP contribution in [0, 0.1) is 0 Å². The van der Waals surface area contributed by atoms with E-state index in [-0.39, 0.29) is 0 Å². The Labute approximate surface area is 299 Å². The first-order valence-corrected chi connectivity index (χ1v) is 18.4. The van der Waals surface area contributed by atoms with Crippen molar-refractivity contribution in [2.75, 3.05) is 0 Å². The molecule has 10 aromatic carbocycles. The zero-order valence-corrected chi connectivity index (χ0v) is 28.5. The second-order valence-electron chi connectivity index (χ2n) is 13.7. The Balaban J connectivity index is 1.02. The first-order valence-electron chi connectivity index (χ1n) is 17.6. The summed E-state index contributed by atoms with van der Waals surface area (Å²) in [5, 5.41) is 15.5. The second kappa shape index (κ2) is 11.1. The smallest absolute Gasteiger partial charge is 0.0433 e. The Morgan fingerprint density at radius 1 is 0.255 bits per heavy atom. The molecule has 236 valence electrons. The van der Waals surface area contributed by atoms with Gasteiger partial charge in [-0.3, -0.25) is 0 Å². The van der Waals surface area contributed by atoms with Crippen LogP contribution < -0.4 is 0 Å². The topological polar surface area (TPSA) is 0 Å². The first kappa shape index (κ1) is 28.5. The number of fused-ring (bicyclic) bond motifs is 9.